The van der Waals surface area contributed by atoms with Crippen molar-refractivity contribution in [1.82, 2.24) is 15.5 Å². The van der Waals surface area contributed by atoms with Crippen molar-refractivity contribution in [3.05, 3.63) is 71.8 Å². The van der Waals surface area contributed by atoms with Crippen LogP contribution >= 0.6 is 24.0 Å². The second-order valence-electron chi connectivity index (χ2n) is 8.54. The van der Waals surface area contributed by atoms with Crippen LogP contribution in [0.3, 0.4) is 0 Å². The van der Waals surface area contributed by atoms with Crippen LogP contribution in [0.4, 0.5) is 0 Å². The van der Waals surface area contributed by atoms with Crippen LogP contribution in [0.2, 0.25) is 0 Å². The van der Waals surface area contributed by atoms with Crippen molar-refractivity contribution in [2.75, 3.05) is 33.2 Å². The molecular weight excluding hydrogens is 527 g/mol. The quantitative estimate of drug-likeness (QED) is 0.261. The Kier molecular flexibility index (Phi) is 11.1. The molecule has 1 aliphatic heterocycles. The van der Waals surface area contributed by atoms with Gasteiger partial charge in [-0.15, -0.1) is 24.0 Å². The van der Waals surface area contributed by atoms with Crippen LogP contribution < -0.4 is 10.6 Å². The first kappa shape index (κ1) is 27.1. The Morgan fingerprint density at radius 1 is 1.09 bits per heavy atom. The number of guanidine groups is 1. The van der Waals surface area contributed by atoms with E-state index in [9.17, 15) is 9.90 Å². The number of aliphatic imine (C=N–C) groups is 1. The van der Waals surface area contributed by atoms with Crippen molar-refractivity contribution in [1.29, 1.82) is 0 Å². The maximum Gasteiger partial charge on any atom is 0.220 e. The normalized spacial score (nSPS) is 16.5. The molecule has 1 unspecified atom stereocenters. The van der Waals surface area contributed by atoms with Gasteiger partial charge in [0, 0.05) is 39.5 Å². The average Bonchev–Trinajstić information content (AvgIpc) is 2.83. The van der Waals surface area contributed by atoms with Crippen molar-refractivity contribution in [3.63, 3.8) is 0 Å². The standard InChI is InChI=1S/C26H36N4O2.HI/c1-3-28-25(30-16-14-21(15-17-30)18-24(31)27-2)29-20-26(32,23-12-8-5-9-13-23)19-22-10-6-4-7-11-22;/h4-13,21,32H,3,14-20H2,1-2H3,(H,27,31)(H,28,29);1H. The summed E-state index contributed by atoms with van der Waals surface area (Å²) in [5.41, 5.74) is 0.850. The van der Waals surface area contributed by atoms with E-state index in [0.717, 1.165) is 49.6 Å². The number of aliphatic hydroxyl groups is 1. The van der Waals surface area contributed by atoms with Crippen molar-refractivity contribution in [3.8, 4) is 0 Å². The minimum atomic E-state index is -1.10. The second kappa shape index (κ2) is 13.5. The molecule has 1 aliphatic rings. The lowest BCUT2D eigenvalue weighted by Crippen LogP contribution is -2.47. The van der Waals surface area contributed by atoms with Gasteiger partial charge in [-0.05, 0) is 36.8 Å². The molecule has 1 amide bonds. The van der Waals surface area contributed by atoms with Gasteiger partial charge in [0.25, 0.3) is 0 Å². The van der Waals surface area contributed by atoms with E-state index in [1.54, 1.807) is 7.05 Å². The van der Waals surface area contributed by atoms with Crippen molar-refractivity contribution < 1.29 is 9.90 Å². The lowest BCUT2D eigenvalue weighted by molar-refractivity contribution is -0.121. The lowest BCUT2D eigenvalue weighted by atomic mass is 9.87. The van der Waals surface area contributed by atoms with Gasteiger partial charge < -0.3 is 20.6 Å². The number of piperidine rings is 1. The Morgan fingerprint density at radius 2 is 1.70 bits per heavy atom. The molecule has 7 heteroatoms. The zero-order valence-corrected chi connectivity index (χ0v) is 22.0. The number of likely N-dealkylation sites (tertiary alicyclic amines) is 1. The Hall–Kier alpha value is -2.13. The molecule has 2 aromatic carbocycles. The Morgan fingerprint density at radius 3 is 2.27 bits per heavy atom. The molecule has 0 aliphatic carbocycles. The number of benzene rings is 2. The SMILES string of the molecule is CCNC(=NCC(O)(Cc1ccccc1)c1ccccc1)N1CCC(CC(=O)NC)CC1.I. The van der Waals surface area contributed by atoms with E-state index in [-0.39, 0.29) is 36.4 Å². The lowest BCUT2D eigenvalue weighted by Gasteiger charge is -2.35. The largest absolute Gasteiger partial charge is 0.383 e. The molecule has 33 heavy (non-hydrogen) atoms. The molecule has 0 spiro atoms. The molecule has 6 nitrogen and oxygen atoms in total. The number of nitrogens with zero attached hydrogens (tertiary/aromatic N) is 2. The third-order valence-electron chi connectivity index (χ3n) is 6.14. The highest BCUT2D eigenvalue weighted by atomic mass is 127. The summed E-state index contributed by atoms with van der Waals surface area (Å²) in [6, 6.07) is 19.9. The number of halogens is 1. The summed E-state index contributed by atoms with van der Waals surface area (Å²) in [5, 5.41) is 17.8. The predicted octanol–water partition coefficient (Wildman–Crippen LogP) is 3.55. The monoisotopic (exact) mass is 564 g/mol. The van der Waals surface area contributed by atoms with E-state index in [0.29, 0.717) is 18.8 Å². The van der Waals surface area contributed by atoms with Crippen LogP contribution in [-0.2, 0) is 16.8 Å². The van der Waals surface area contributed by atoms with Gasteiger partial charge >= 0.3 is 0 Å². The van der Waals surface area contributed by atoms with E-state index in [1.807, 2.05) is 60.7 Å². The molecule has 0 radical (unpaired) electrons. The number of hydrogen-bond acceptors (Lipinski definition) is 3. The average molecular weight is 565 g/mol. The van der Waals surface area contributed by atoms with Crippen LogP contribution in [0.1, 0.15) is 37.3 Å². The van der Waals surface area contributed by atoms with Crippen LogP contribution in [0.5, 0.6) is 0 Å². The highest BCUT2D eigenvalue weighted by molar-refractivity contribution is 14.0. The Labute approximate surface area is 214 Å². The first-order valence-corrected chi connectivity index (χ1v) is 11.6. The number of carbonyl (C=O) groups excluding carboxylic acids is 1. The molecule has 3 rings (SSSR count). The summed E-state index contributed by atoms with van der Waals surface area (Å²) >= 11 is 0. The number of carbonyl (C=O) groups is 1. The summed E-state index contributed by atoms with van der Waals surface area (Å²) in [7, 11) is 1.69. The van der Waals surface area contributed by atoms with E-state index in [2.05, 4.69) is 22.5 Å². The van der Waals surface area contributed by atoms with Crippen LogP contribution in [-0.4, -0.2) is 55.1 Å². The maximum absolute atomic E-state index is 11.7. The van der Waals surface area contributed by atoms with Gasteiger partial charge in [-0.3, -0.25) is 4.79 Å². The maximum atomic E-state index is 11.7. The smallest absolute Gasteiger partial charge is 0.220 e. The number of nitrogens with one attached hydrogen (secondary N) is 2. The second-order valence-corrected chi connectivity index (χ2v) is 8.54. The van der Waals surface area contributed by atoms with Crippen molar-refractivity contribution in [2.45, 2.75) is 38.2 Å². The van der Waals surface area contributed by atoms with Gasteiger partial charge in [-0.2, -0.15) is 0 Å². The molecule has 180 valence electrons. The van der Waals surface area contributed by atoms with Crippen molar-refractivity contribution in [2.24, 2.45) is 10.9 Å². The van der Waals surface area contributed by atoms with Gasteiger partial charge in [0.05, 0.1) is 6.54 Å². The fourth-order valence-corrected chi connectivity index (χ4v) is 4.28. The molecular formula is C26H37IN4O2. The molecule has 1 saturated heterocycles. The van der Waals surface area contributed by atoms with Gasteiger partial charge in [0.2, 0.25) is 5.91 Å². The molecule has 0 aromatic heterocycles. The van der Waals surface area contributed by atoms with Gasteiger partial charge in [0.1, 0.15) is 5.60 Å². The van der Waals surface area contributed by atoms with Gasteiger partial charge in [-0.1, -0.05) is 60.7 Å². The molecule has 0 saturated carbocycles. The third kappa shape index (κ3) is 7.99. The predicted molar refractivity (Wildman–Crippen MR) is 145 cm³/mol. The first-order chi connectivity index (χ1) is 15.5. The van der Waals surface area contributed by atoms with Crippen LogP contribution in [0.15, 0.2) is 65.7 Å². The molecule has 1 atom stereocenters. The fraction of sp³-hybridized carbons (Fsp3) is 0.462. The molecule has 3 N–H and O–H groups in total. The third-order valence-corrected chi connectivity index (χ3v) is 6.14. The highest BCUT2D eigenvalue weighted by Gasteiger charge is 2.30. The minimum Gasteiger partial charge on any atom is -0.383 e. The highest BCUT2D eigenvalue weighted by Crippen LogP contribution is 2.27. The fourth-order valence-electron chi connectivity index (χ4n) is 4.28. The molecule has 0 bridgehead atoms. The van der Waals surface area contributed by atoms with E-state index in [4.69, 9.17) is 4.99 Å². The Bertz CT molecular complexity index is 870. The first-order valence-electron chi connectivity index (χ1n) is 11.6. The zero-order valence-electron chi connectivity index (χ0n) is 19.7. The van der Waals surface area contributed by atoms with Gasteiger partial charge in [0.15, 0.2) is 5.96 Å². The summed E-state index contributed by atoms with van der Waals surface area (Å²) in [5.74, 6) is 1.35. The number of rotatable bonds is 8. The summed E-state index contributed by atoms with van der Waals surface area (Å²) in [6.45, 7) is 4.80. The number of amides is 1. The summed E-state index contributed by atoms with van der Waals surface area (Å²) in [4.78, 5) is 18.8. The molecule has 2 aromatic rings. The molecule has 1 heterocycles. The van der Waals surface area contributed by atoms with Crippen LogP contribution in [0.25, 0.3) is 0 Å². The van der Waals surface area contributed by atoms with Crippen LogP contribution in [0, 0.1) is 5.92 Å². The summed E-state index contributed by atoms with van der Waals surface area (Å²) in [6.07, 6.45) is 3.01. The topological polar surface area (TPSA) is 77.0 Å². The molecule has 1 fully saturated rings. The zero-order chi connectivity index (χ0) is 22.8. The van der Waals surface area contributed by atoms with E-state index >= 15 is 0 Å². The summed E-state index contributed by atoms with van der Waals surface area (Å²) < 4.78 is 0. The van der Waals surface area contributed by atoms with Gasteiger partial charge in [-0.25, -0.2) is 4.99 Å². The number of hydrogen-bond donors (Lipinski definition) is 3. The van der Waals surface area contributed by atoms with E-state index in [1.165, 1.54) is 0 Å². The minimum absolute atomic E-state index is 0. The Balaban J connectivity index is 0.00000385. The van der Waals surface area contributed by atoms with E-state index < -0.39 is 5.60 Å². The van der Waals surface area contributed by atoms with Crippen molar-refractivity contribution >= 4 is 35.8 Å².